The van der Waals surface area contributed by atoms with Gasteiger partial charge in [0.05, 0.1) is 28.5 Å². The van der Waals surface area contributed by atoms with E-state index in [9.17, 15) is 0 Å². The van der Waals surface area contributed by atoms with Crippen LogP contribution in [0.1, 0.15) is 30.7 Å². The Balaban J connectivity index is 1.63. The van der Waals surface area contributed by atoms with Crippen molar-refractivity contribution in [3.8, 4) is 0 Å². The van der Waals surface area contributed by atoms with Gasteiger partial charge in [-0.1, -0.05) is 12.1 Å². The maximum absolute atomic E-state index is 5.76. The molecule has 3 nitrogen and oxygen atoms in total. The number of hydrogen-bond acceptors (Lipinski definition) is 4. The second-order valence-corrected chi connectivity index (χ2v) is 6.28. The molecule has 1 aromatic heterocycles. The summed E-state index contributed by atoms with van der Waals surface area (Å²) < 4.78 is 5.76. The Kier molecular flexibility index (Phi) is 4.53. The molecule has 20 heavy (non-hydrogen) atoms. The summed E-state index contributed by atoms with van der Waals surface area (Å²) in [5.74, 6) is 1.98. The molecule has 106 valence electrons. The van der Waals surface area contributed by atoms with Crippen molar-refractivity contribution in [2.45, 2.75) is 38.0 Å². The molecule has 1 unspecified atom stereocenters. The molecule has 0 spiro atoms. The van der Waals surface area contributed by atoms with Gasteiger partial charge in [-0.15, -0.1) is 0 Å². The fourth-order valence-electron chi connectivity index (χ4n) is 2.49. The van der Waals surface area contributed by atoms with Gasteiger partial charge in [0.25, 0.3) is 0 Å². The van der Waals surface area contributed by atoms with Crippen molar-refractivity contribution in [2.24, 2.45) is 0 Å². The summed E-state index contributed by atoms with van der Waals surface area (Å²) >= 11 is 1.91. The summed E-state index contributed by atoms with van der Waals surface area (Å²) in [5, 5.41) is 0. The standard InChI is InChI=1S/C16H20N2OS/c1-12-16(11-20-10-13-6-4-5-9-19-13)18-15-8-3-2-7-14(15)17-12/h2-3,7-8,13H,4-6,9-11H2,1H3. The van der Waals surface area contributed by atoms with Gasteiger partial charge >= 0.3 is 0 Å². The molecule has 1 fully saturated rings. The number of thioether (sulfide) groups is 1. The highest BCUT2D eigenvalue weighted by Gasteiger charge is 2.14. The first-order valence-electron chi connectivity index (χ1n) is 7.24. The van der Waals surface area contributed by atoms with Crippen LogP contribution >= 0.6 is 11.8 Å². The zero-order valence-corrected chi connectivity index (χ0v) is 12.7. The molecule has 0 amide bonds. The normalized spacial score (nSPS) is 19.4. The maximum atomic E-state index is 5.76. The number of benzene rings is 1. The number of rotatable bonds is 4. The number of para-hydroxylation sites is 2. The molecule has 1 aliphatic rings. The predicted molar refractivity (Wildman–Crippen MR) is 84.0 cm³/mol. The van der Waals surface area contributed by atoms with Gasteiger partial charge in [0, 0.05) is 18.1 Å². The minimum atomic E-state index is 0.433. The van der Waals surface area contributed by atoms with Crippen LogP contribution in [0, 0.1) is 6.92 Å². The second-order valence-electron chi connectivity index (χ2n) is 5.25. The highest BCUT2D eigenvalue weighted by molar-refractivity contribution is 7.98. The number of aryl methyl sites for hydroxylation is 1. The van der Waals surface area contributed by atoms with E-state index in [0.717, 1.165) is 40.5 Å². The fourth-order valence-corrected chi connectivity index (χ4v) is 3.60. The number of aromatic nitrogens is 2. The lowest BCUT2D eigenvalue weighted by atomic mass is 10.1. The molecule has 0 bridgehead atoms. The van der Waals surface area contributed by atoms with Crippen LogP contribution in [0.2, 0.25) is 0 Å². The van der Waals surface area contributed by atoms with Crippen LogP contribution in [-0.4, -0.2) is 28.4 Å². The van der Waals surface area contributed by atoms with Gasteiger partial charge in [0.2, 0.25) is 0 Å². The lowest BCUT2D eigenvalue weighted by molar-refractivity contribution is 0.0315. The van der Waals surface area contributed by atoms with Gasteiger partial charge in [-0.2, -0.15) is 11.8 Å². The summed E-state index contributed by atoms with van der Waals surface area (Å²) in [7, 11) is 0. The average molecular weight is 288 g/mol. The van der Waals surface area contributed by atoms with E-state index in [4.69, 9.17) is 9.72 Å². The van der Waals surface area contributed by atoms with Crippen molar-refractivity contribution in [1.82, 2.24) is 9.97 Å². The van der Waals surface area contributed by atoms with Gasteiger partial charge in [-0.25, -0.2) is 9.97 Å². The molecule has 1 saturated heterocycles. The summed E-state index contributed by atoms with van der Waals surface area (Å²) in [6.45, 7) is 2.98. The third-order valence-electron chi connectivity index (χ3n) is 3.66. The smallest absolute Gasteiger partial charge is 0.0890 e. The lowest BCUT2D eigenvalue weighted by Crippen LogP contribution is -2.21. The monoisotopic (exact) mass is 288 g/mol. The number of fused-ring (bicyclic) bond motifs is 1. The highest BCUT2D eigenvalue weighted by Crippen LogP contribution is 2.21. The van der Waals surface area contributed by atoms with E-state index in [2.05, 4.69) is 4.98 Å². The van der Waals surface area contributed by atoms with Crippen LogP contribution in [0.3, 0.4) is 0 Å². The van der Waals surface area contributed by atoms with Crippen LogP contribution in [0.25, 0.3) is 11.0 Å². The van der Waals surface area contributed by atoms with Gasteiger partial charge in [0.15, 0.2) is 0 Å². The Hall–Kier alpha value is -1.13. The Bertz CT molecular complexity index is 582. The zero-order chi connectivity index (χ0) is 13.8. The van der Waals surface area contributed by atoms with Crippen molar-refractivity contribution in [2.75, 3.05) is 12.4 Å². The van der Waals surface area contributed by atoms with Gasteiger partial charge in [-0.3, -0.25) is 0 Å². The van der Waals surface area contributed by atoms with E-state index in [0.29, 0.717) is 6.10 Å². The molecule has 1 aromatic carbocycles. The topological polar surface area (TPSA) is 35.0 Å². The third kappa shape index (κ3) is 3.30. The molecule has 0 radical (unpaired) electrons. The molecule has 0 aliphatic carbocycles. The second kappa shape index (κ2) is 6.55. The van der Waals surface area contributed by atoms with Crippen molar-refractivity contribution >= 4 is 22.8 Å². The van der Waals surface area contributed by atoms with Crippen LogP contribution in [-0.2, 0) is 10.5 Å². The lowest BCUT2D eigenvalue weighted by Gasteiger charge is -2.22. The molecule has 2 aromatic rings. The summed E-state index contributed by atoms with van der Waals surface area (Å²) in [6.07, 6.45) is 4.16. The molecular formula is C16H20N2OS. The van der Waals surface area contributed by atoms with Gasteiger partial charge in [0.1, 0.15) is 0 Å². The summed E-state index contributed by atoms with van der Waals surface area (Å²) in [6, 6.07) is 8.06. The van der Waals surface area contributed by atoms with E-state index in [1.54, 1.807) is 0 Å². The molecule has 0 saturated carbocycles. The molecular weight excluding hydrogens is 268 g/mol. The van der Waals surface area contributed by atoms with E-state index in [1.165, 1.54) is 19.3 Å². The van der Waals surface area contributed by atoms with E-state index >= 15 is 0 Å². The number of hydrogen-bond donors (Lipinski definition) is 0. The molecule has 1 aliphatic heterocycles. The number of nitrogens with zero attached hydrogens (tertiary/aromatic N) is 2. The number of ether oxygens (including phenoxy) is 1. The minimum Gasteiger partial charge on any atom is -0.377 e. The molecule has 4 heteroatoms. The van der Waals surface area contributed by atoms with Gasteiger partial charge in [-0.05, 0) is 38.3 Å². The average Bonchev–Trinajstić information content (AvgIpc) is 2.49. The quantitative estimate of drug-likeness (QED) is 0.858. The van der Waals surface area contributed by atoms with Crippen molar-refractivity contribution in [3.63, 3.8) is 0 Å². The van der Waals surface area contributed by atoms with E-state index in [1.807, 2.05) is 43.0 Å². The largest absolute Gasteiger partial charge is 0.377 e. The fraction of sp³-hybridized carbons (Fsp3) is 0.500. The zero-order valence-electron chi connectivity index (χ0n) is 11.8. The third-order valence-corrected chi connectivity index (χ3v) is 4.74. The van der Waals surface area contributed by atoms with Gasteiger partial charge < -0.3 is 4.74 Å². The first kappa shape index (κ1) is 13.8. The highest BCUT2D eigenvalue weighted by atomic mass is 32.2. The summed E-state index contributed by atoms with van der Waals surface area (Å²) in [4.78, 5) is 9.37. The predicted octanol–water partition coefficient (Wildman–Crippen LogP) is 3.74. The first-order chi connectivity index (χ1) is 9.83. The Morgan fingerprint density at radius 3 is 2.75 bits per heavy atom. The molecule has 3 rings (SSSR count). The molecule has 2 heterocycles. The van der Waals surface area contributed by atoms with Crippen LogP contribution < -0.4 is 0 Å². The van der Waals surface area contributed by atoms with Crippen LogP contribution in [0.4, 0.5) is 0 Å². The van der Waals surface area contributed by atoms with Crippen LogP contribution in [0.15, 0.2) is 24.3 Å². The minimum absolute atomic E-state index is 0.433. The van der Waals surface area contributed by atoms with E-state index in [-0.39, 0.29) is 0 Å². The van der Waals surface area contributed by atoms with E-state index < -0.39 is 0 Å². The SMILES string of the molecule is Cc1nc2ccccc2nc1CSCC1CCCCO1. The van der Waals surface area contributed by atoms with Crippen molar-refractivity contribution < 1.29 is 4.74 Å². The molecule has 1 atom stereocenters. The maximum Gasteiger partial charge on any atom is 0.0890 e. The first-order valence-corrected chi connectivity index (χ1v) is 8.40. The van der Waals surface area contributed by atoms with Crippen molar-refractivity contribution in [3.05, 3.63) is 35.7 Å². The molecule has 0 N–H and O–H groups in total. The van der Waals surface area contributed by atoms with Crippen LogP contribution in [0.5, 0.6) is 0 Å². The Labute approximate surface area is 124 Å². The van der Waals surface area contributed by atoms with Crippen molar-refractivity contribution in [1.29, 1.82) is 0 Å². The Morgan fingerprint density at radius 1 is 1.20 bits per heavy atom. The summed E-state index contributed by atoms with van der Waals surface area (Å²) in [5.41, 5.74) is 4.11. The Morgan fingerprint density at radius 2 is 2.00 bits per heavy atom.